The van der Waals surface area contributed by atoms with Crippen molar-refractivity contribution in [2.45, 2.75) is 13.0 Å². The molecule has 0 aliphatic rings. The minimum atomic E-state index is -0.733. The van der Waals surface area contributed by atoms with Crippen molar-refractivity contribution in [2.75, 3.05) is 17.7 Å². The molecular weight excluding hydrogens is 304 g/mol. The molecule has 0 bridgehead atoms. The van der Waals surface area contributed by atoms with E-state index in [1.807, 2.05) is 18.2 Å². The normalized spacial score (nSPS) is 11.5. The molecule has 7 nitrogen and oxygen atoms in total. The van der Waals surface area contributed by atoms with Crippen molar-refractivity contribution in [2.24, 2.45) is 5.73 Å². The number of ether oxygens (including phenoxy) is 1. The Morgan fingerprint density at radius 2 is 2.00 bits per heavy atom. The van der Waals surface area contributed by atoms with Crippen molar-refractivity contribution in [3.63, 3.8) is 0 Å². The number of para-hydroxylation sites is 1. The predicted molar refractivity (Wildman–Crippen MR) is 85.3 cm³/mol. The second-order valence-electron chi connectivity index (χ2n) is 4.37. The van der Waals surface area contributed by atoms with Crippen LogP contribution >= 0.6 is 11.3 Å². The number of amides is 2. The van der Waals surface area contributed by atoms with Gasteiger partial charge in [-0.3, -0.25) is 9.59 Å². The zero-order chi connectivity index (χ0) is 16.1. The molecule has 0 saturated carbocycles. The van der Waals surface area contributed by atoms with Crippen molar-refractivity contribution in [1.82, 2.24) is 4.98 Å². The highest BCUT2D eigenvalue weighted by Crippen LogP contribution is 2.28. The molecule has 0 aliphatic heterocycles. The highest BCUT2D eigenvalue weighted by Gasteiger charge is 2.21. The number of hydrogen-bond donors (Lipinski definition) is 3. The highest BCUT2D eigenvalue weighted by molar-refractivity contribution is 7.20. The number of benzene rings is 1. The molecule has 1 aromatic heterocycles. The number of carbonyl (C=O) groups excluding carboxylic acids is 2. The van der Waals surface area contributed by atoms with Crippen molar-refractivity contribution >= 4 is 33.3 Å². The summed E-state index contributed by atoms with van der Waals surface area (Å²) in [4.78, 5) is 27.5. The fraction of sp³-hybridized carbons (Fsp3) is 0.214. The summed E-state index contributed by atoms with van der Waals surface area (Å²) in [7, 11) is 1.66. The van der Waals surface area contributed by atoms with Gasteiger partial charge in [0.15, 0.2) is 16.9 Å². The third-order valence-corrected chi connectivity index (χ3v) is 3.72. The van der Waals surface area contributed by atoms with Crippen LogP contribution in [-0.4, -0.2) is 29.9 Å². The molecule has 8 heteroatoms. The van der Waals surface area contributed by atoms with Gasteiger partial charge in [-0.1, -0.05) is 29.5 Å². The monoisotopic (exact) mass is 320 g/mol. The van der Waals surface area contributed by atoms with E-state index in [1.54, 1.807) is 26.1 Å². The molecule has 0 spiro atoms. The van der Waals surface area contributed by atoms with Gasteiger partial charge >= 0.3 is 0 Å². The standard InChI is InChI=1S/C14H16N4O3S/c1-8(21-9-6-4-3-5-7-9)12(20)18-13-10(11(15)19)17-14(16-2)22-13/h3-8H,1-2H3,(H2,15,19)(H,16,17)(H,18,20). The molecule has 1 heterocycles. The van der Waals surface area contributed by atoms with Crippen LogP contribution in [-0.2, 0) is 4.79 Å². The molecule has 0 saturated heterocycles. The number of nitrogens with zero attached hydrogens (tertiary/aromatic N) is 1. The summed E-state index contributed by atoms with van der Waals surface area (Å²) in [6.45, 7) is 1.62. The van der Waals surface area contributed by atoms with Crippen LogP contribution < -0.4 is 21.1 Å². The molecule has 2 aromatic rings. The van der Waals surface area contributed by atoms with E-state index < -0.39 is 17.9 Å². The van der Waals surface area contributed by atoms with Gasteiger partial charge in [0.05, 0.1) is 0 Å². The summed E-state index contributed by atoms with van der Waals surface area (Å²) in [5.41, 5.74) is 5.28. The number of hydrogen-bond acceptors (Lipinski definition) is 6. The van der Waals surface area contributed by atoms with E-state index in [0.29, 0.717) is 15.9 Å². The number of primary amides is 1. The van der Waals surface area contributed by atoms with Gasteiger partial charge in [-0.2, -0.15) is 0 Å². The maximum atomic E-state index is 12.2. The fourth-order valence-corrected chi connectivity index (χ4v) is 2.48. The van der Waals surface area contributed by atoms with Gasteiger partial charge in [-0.15, -0.1) is 0 Å². The Hall–Kier alpha value is -2.61. The number of anilines is 2. The Morgan fingerprint density at radius 3 is 2.59 bits per heavy atom. The van der Waals surface area contributed by atoms with Crippen LogP contribution in [0.15, 0.2) is 30.3 Å². The third kappa shape index (κ3) is 3.73. The Kier molecular flexibility index (Phi) is 4.95. The van der Waals surface area contributed by atoms with Gasteiger partial charge in [0, 0.05) is 7.05 Å². The number of aromatic nitrogens is 1. The van der Waals surface area contributed by atoms with Crippen LogP contribution in [0.1, 0.15) is 17.4 Å². The van der Waals surface area contributed by atoms with Crippen molar-refractivity contribution < 1.29 is 14.3 Å². The Bertz CT molecular complexity index is 672. The molecule has 1 unspecified atom stereocenters. The van der Waals surface area contributed by atoms with Crippen LogP contribution in [0.3, 0.4) is 0 Å². The van der Waals surface area contributed by atoms with Crippen molar-refractivity contribution in [3.8, 4) is 5.75 Å². The summed E-state index contributed by atoms with van der Waals surface area (Å²) in [6.07, 6.45) is -0.733. The first kappa shape index (κ1) is 15.8. The molecule has 2 rings (SSSR count). The Balaban J connectivity index is 2.08. The Labute approximate surface area is 131 Å². The van der Waals surface area contributed by atoms with E-state index in [9.17, 15) is 9.59 Å². The quantitative estimate of drug-likeness (QED) is 0.751. The van der Waals surface area contributed by atoms with Crippen LogP contribution in [0.4, 0.5) is 10.1 Å². The zero-order valence-electron chi connectivity index (χ0n) is 12.1. The van der Waals surface area contributed by atoms with E-state index in [1.165, 1.54) is 0 Å². The molecule has 0 radical (unpaired) electrons. The Morgan fingerprint density at radius 1 is 1.32 bits per heavy atom. The van der Waals surface area contributed by atoms with Gasteiger partial charge in [-0.05, 0) is 19.1 Å². The number of thiazole rings is 1. The van der Waals surface area contributed by atoms with Crippen LogP contribution in [0.25, 0.3) is 0 Å². The number of rotatable bonds is 6. The second-order valence-corrected chi connectivity index (χ2v) is 5.37. The van der Waals surface area contributed by atoms with Gasteiger partial charge in [0.1, 0.15) is 10.8 Å². The lowest BCUT2D eigenvalue weighted by atomic mass is 10.3. The average Bonchev–Trinajstić information content (AvgIpc) is 2.91. The summed E-state index contributed by atoms with van der Waals surface area (Å²) < 4.78 is 5.52. The summed E-state index contributed by atoms with van der Waals surface area (Å²) in [5, 5.41) is 6.20. The van der Waals surface area contributed by atoms with Gasteiger partial charge in [-0.25, -0.2) is 4.98 Å². The zero-order valence-corrected chi connectivity index (χ0v) is 12.9. The van der Waals surface area contributed by atoms with Crippen LogP contribution in [0, 0.1) is 0 Å². The molecule has 1 aromatic carbocycles. The van der Waals surface area contributed by atoms with Crippen LogP contribution in [0.5, 0.6) is 5.75 Å². The topological polar surface area (TPSA) is 106 Å². The van der Waals surface area contributed by atoms with Gasteiger partial charge < -0.3 is 21.1 Å². The van der Waals surface area contributed by atoms with Gasteiger partial charge in [0.25, 0.3) is 11.8 Å². The largest absolute Gasteiger partial charge is 0.481 e. The number of nitrogens with one attached hydrogen (secondary N) is 2. The fourth-order valence-electron chi connectivity index (χ4n) is 1.65. The van der Waals surface area contributed by atoms with E-state index in [-0.39, 0.29) is 5.69 Å². The lowest BCUT2D eigenvalue weighted by molar-refractivity contribution is -0.122. The first-order chi connectivity index (χ1) is 10.5. The maximum absolute atomic E-state index is 12.2. The summed E-state index contributed by atoms with van der Waals surface area (Å²) >= 11 is 1.13. The lowest BCUT2D eigenvalue weighted by Gasteiger charge is -2.14. The minimum absolute atomic E-state index is 0.0228. The van der Waals surface area contributed by atoms with Crippen molar-refractivity contribution in [1.29, 1.82) is 0 Å². The summed E-state index contributed by atoms with van der Waals surface area (Å²) in [5.74, 6) is -0.511. The molecule has 2 amide bonds. The lowest BCUT2D eigenvalue weighted by Crippen LogP contribution is -2.30. The molecule has 0 fully saturated rings. The smallest absolute Gasteiger partial charge is 0.270 e. The van der Waals surface area contributed by atoms with E-state index in [2.05, 4.69) is 15.6 Å². The SMILES string of the molecule is CNc1nc(C(N)=O)c(NC(=O)C(C)Oc2ccccc2)s1. The molecule has 0 aliphatic carbocycles. The van der Waals surface area contributed by atoms with Gasteiger partial charge in [0.2, 0.25) is 0 Å². The summed E-state index contributed by atoms with van der Waals surface area (Å²) in [6, 6.07) is 8.99. The molecule has 1 atom stereocenters. The van der Waals surface area contributed by atoms with E-state index in [4.69, 9.17) is 10.5 Å². The maximum Gasteiger partial charge on any atom is 0.270 e. The number of carbonyl (C=O) groups is 2. The molecule has 4 N–H and O–H groups in total. The minimum Gasteiger partial charge on any atom is -0.481 e. The molecule has 116 valence electrons. The van der Waals surface area contributed by atoms with Crippen molar-refractivity contribution in [3.05, 3.63) is 36.0 Å². The van der Waals surface area contributed by atoms with E-state index >= 15 is 0 Å². The highest BCUT2D eigenvalue weighted by atomic mass is 32.1. The first-order valence-corrected chi connectivity index (χ1v) is 7.34. The third-order valence-electron chi connectivity index (χ3n) is 2.74. The first-order valence-electron chi connectivity index (χ1n) is 6.52. The second kappa shape index (κ2) is 6.90. The predicted octanol–water partition coefficient (Wildman–Crippen LogP) is 1.69. The molecular formula is C14H16N4O3S. The average molecular weight is 320 g/mol. The molecule has 22 heavy (non-hydrogen) atoms. The van der Waals surface area contributed by atoms with Crippen LogP contribution in [0.2, 0.25) is 0 Å². The van der Waals surface area contributed by atoms with E-state index in [0.717, 1.165) is 11.3 Å². The number of nitrogens with two attached hydrogens (primary N) is 1.